The van der Waals surface area contributed by atoms with Crippen molar-refractivity contribution in [3.05, 3.63) is 47.0 Å². The van der Waals surface area contributed by atoms with Gasteiger partial charge in [-0.1, -0.05) is 0 Å². The third kappa shape index (κ3) is 2.61. The zero-order valence-electron chi connectivity index (χ0n) is 12.4. The van der Waals surface area contributed by atoms with E-state index in [1.807, 2.05) is 6.20 Å². The highest BCUT2D eigenvalue weighted by atomic mass is 19.1. The first-order valence-corrected chi connectivity index (χ1v) is 7.99. The van der Waals surface area contributed by atoms with Gasteiger partial charge in [0, 0.05) is 23.3 Å². The summed E-state index contributed by atoms with van der Waals surface area (Å²) in [6.07, 6.45) is 6.97. The lowest BCUT2D eigenvalue weighted by atomic mass is 9.91. The van der Waals surface area contributed by atoms with Crippen molar-refractivity contribution in [3.8, 4) is 5.75 Å². The predicted octanol–water partition coefficient (Wildman–Crippen LogP) is 2.91. The zero-order valence-corrected chi connectivity index (χ0v) is 12.4. The number of hydrogen-bond donors (Lipinski definition) is 2. The molecule has 0 amide bonds. The van der Waals surface area contributed by atoms with Gasteiger partial charge in [0.2, 0.25) is 0 Å². The van der Waals surface area contributed by atoms with E-state index in [4.69, 9.17) is 4.74 Å². The van der Waals surface area contributed by atoms with E-state index in [9.17, 15) is 4.39 Å². The number of benzene rings is 1. The smallest absolute Gasteiger partial charge is 0.124 e. The summed E-state index contributed by atoms with van der Waals surface area (Å²) >= 11 is 0. The third-order valence-corrected chi connectivity index (χ3v) is 4.70. The normalized spacial score (nSPS) is 24.0. The van der Waals surface area contributed by atoms with Crippen molar-refractivity contribution in [2.24, 2.45) is 0 Å². The van der Waals surface area contributed by atoms with Crippen LogP contribution in [0.15, 0.2) is 24.4 Å². The molecule has 2 N–H and O–H groups in total. The highest BCUT2D eigenvalue weighted by Crippen LogP contribution is 2.33. The molecule has 0 unspecified atom stereocenters. The first-order chi connectivity index (χ1) is 10.8. The fourth-order valence-electron chi connectivity index (χ4n) is 3.56. The summed E-state index contributed by atoms with van der Waals surface area (Å²) in [4.78, 5) is 0. The molecule has 1 aromatic heterocycles. The maximum atomic E-state index is 13.6. The van der Waals surface area contributed by atoms with Gasteiger partial charge in [-0.05, 0) is 55.9 Å². The van der Waals surface area contributed by atoms with Gasteiger partial charge in [0.25, 0.3) is 0 Å². The molecule has 2 heterocycles. The molecule has 2 aliphatic rings. The van der Waals surface area contributed by atoms with Crippen LogP contribution in [-0.2, 0) is 12.8 Å². The molecule has 2 aromatic rings. The monoisotopic (exact) mass is 301 g/mol. The molecule has 5 heteroatoms. The molecule has 0 fully saturated rings. The molecular weight excluding hydrogens is 281 g/mol. The number of aromatic amines is 1. The van der Waals surface area contributed by atoms with E-state index in [2.05, 4.69) is 15.5 Å². The molecule has 0 bridgehead atoms. The Morgan fingerprint density at radius 1 is 1.32 bits per heavy atom. The van der Waals surface area contributed by atoms with Crippen molar-refractivity contribution in [1.29, 1.82) is 0 Å². The topological polar surface area (TPSA) is 49.9 Å². The van der Waals surface area contributed by atoms with Gasteiger partial charge in [-0.2, -0.15) is 5.10 Å². The second kappa shape index (κ2) is 5.72. The van der Waals surface area contributed by atoms with Crippen LogP contribution in [0.2, 0.25) is 0 Å². The Morgan fingerprint density at radius 3 is 3.23 bits per heavy atom. The van der Waals surface area contributed by atoms with Gasteiger partial charge < -0.3 is 10.1 Å². The molecule has 116 valence electrons. The zero-order chi connectivity index (χ0) is 14.9. The van der Waals surface area contributed by atoms with Gasteiger partial charge in [-0.15, -0.1) is 0 Å². The quantitative estimate of drug-likeness (QED) is 0.896. The number of hydrogen-bond acceptors (Lipinski definition) is 3. The van der Waals surface area contributed by atoms with Gasteiger partial charge in [-0.3, -0.25) is 5.10 Å². The molecule has 1 aromatic carbocycles. The van der Waals surface area contributed by atoms with Crippen LogP contribution in [0.1, 0.15) is 42.1 Å². The summed E-state index contributed by atoms with van der Waals surface area (Å²) < 4.78 is 19.4. The van der Waals surface area contributed by atoms with Crippen LogP contribution in [0, 0.1) is 5.82 Å². The molecular formula is C17H20FN3O. The summed E-state index contributed by atoms with van der Waals surface area (Å²) in [5, 5.41) is 10.9. The minimum absolute atomic E-state index is 0.159. The maximum absolute atomic E-state index is 13.6. The summed E-state index contributed by atoms with van der Waals surface area (Å²) in [5.41, 5.74) is 3.51. The van der Waals surface area contributed by atoms with Gasteiger partial charge in [-0.25, -0.2) is 4.39 Å². The van der Waals surface area contributed by atoms with Gasteiger partial charge in [0.15, 0.2) is 0 Å². The number of halogens is 1. The van der Waals surface area contributed by atoms with E-state index >= 15 is 0 Å². The largest absolute Gasteiger partial charge is 0.493 e. The Morgan fingerprint density at radius 2 is 2.27 bits per heavy atom. The molecule has 22 heavy (non-hydrogen) atoms. The van der Waals surface area contributed by atoms with E-state index in [-0.39, 0.29) is 11.9 Å². The van der Waals surface area contributed by atoms with Crippen molar-refractivity contribution in [1.82, 2.24) is 15.5 Å². The third-order valence-electron chi connectivity index (χ3n) is 4.70. The lowest BCUT2D eigenvalue weighted by Gasteiger charge is -2.28. The lowest BCUT2D eigenvalue weighted by Crippen LogP contribution is -2.37. The van der Waals surface area contributed by atoms with Crippen LogP contribution in [0.25, 0.3) is 0 Å². The Kier molecular flexibility index (Phi) is 3.58. The van der Waals surface area contributed by atoms with Crippen LogP contribution >= 0.6 is 0 Å². The first kappa shape index (κ1) is 13.8. The highest BCUT2D eigenvalue weighted by Gasteiger charge is 2.26. The van der Waals surface area contributed by atoms with E-state index < -0.39 is 0 Å². The summed E-state index contributed by atoms with van der Waals surface area (Å²) in [7, 11) is 0. The van der Waals surface area contributed by atoms with Crippen LogP contribution in [0.3, 0.4) is 0 Å². The molecule has 0 radical (unpaired) electrons. The van der Waals surface area contributed by atoms with E-state index in [0.717, 1.165) is 43.4 Å². The van der Waals surface area contributed by atoms with Gasteiger partial charge in [0.05, 0.1) is 12.8 Å². The second-order valence-corrected chi connectivity index (χ2v) is 6.21. The van der Waals surface area contributed by atoms with Crippen LogP contribution in [0.5, 0.6) is 5.75 Å². The molecule has 1 aliphatic heterocycles. The SMILES string of the molecule is Fc1ccc2c(c1)[C@H](N[C@H]1CCc3[nH]ncc3C1)CCCO2. The Balaban J connectivity index is 1.55. The molecule has 4 rings (SSSR count). The molecule has 0 saturated carbocycles. The van der Waals surface area contributed by atoms with Crippen molar-refractivity contribution < 1.29 is 9.13 Å². The summed E-state index contributed by atoms with van der Waals surface area (Å²) in [6.45, 7) is 0.702. The van der Waals surface area contributed by atoms with Crippen LogP contribution in [-0.4, -0.2) is 22.8 Å². The molecule has 2 atom stereocenters. The minimum atomic E-state index is -0.197. The van der Waals surface area contributed by atoms with Crippen molar-refractivity contribution in [2.75, 3.05) is 6.61 Å². The number of rotatable bonds is 2. The van der Waals surface area contributed by atoms with Crippen molar-refractivity contribution in [3.63, 3.8) is 0 Å². The Labute approximate surface area is 129 Å². The Hall–Kier alpha value is -1.88. The predicted molar refractivity (Wildman–Crippen MR) is 81.4 cm³/mol. The molecule has 1 aliphatic carbocycles. The fraction of sp³-hybridized carbons (Fsp3) is 0.471. The number of H-pyrrole nitrogens is 1. The number of fused-ring (bicyclic) bond motifs is 2. The van der Waals surface area contributed by atoms with Crippen molar-refractivity contribution in [2.45, 2.75) is 44.2 Å². The number of ether oxygens (including phenoxy) is 1. The average Bonchev–Trinajstić information content (AvgIpc) is 2.90. The summed E-state index contributed by atoms with van der Waals surface area (Å²) in [6, 6.07) is 5.40. The summed E-state index contributed by atoms with van der Waals surface area (Å²) in [5.74, 6) is 0.619. The Bertz CT molecular complexity index is 670. The maximum Gasteiger partial charge on any atom is 0.124 e. The average molecular weight is 301 g/mol. The molecule has 0 saturated heterocycles. The number of nitrogens with one attached hydrogen (secondary N) is 2. The van der Waals surface area contributed by atoms with E-state index in [1.54, 1.807) is 12.1 Å². The number of nitrogens with zero attached hydrogens (tertiary/aromatic N) is 1. The molecule has 4 nitrogen and oxygen atoms in total. The molecule has 0 spiro atoms. The van der Waals surface area contributed by atoms with Crippen LogP contribution < -0.4 is 10.1 Å². The minimum Gasteiger partial charge on any atom is -0.493 e. The second-order valence-electron chi connectivity index (χ2n) is 6.21. The fourth-order valence-corrected chi connectivity index (χ4v) is 3.56. The standard InChI is InChI=1S/C17H20FN3O/c18-12-3-6-17-14(9-12)16(2-1-7-22-17)20-13-4-5-15-11(8-13)10-19-21-15/h3,6,9-10,13,16,20H,1-2,4-5,7-8H2,(H,19,21)/t13-,16+/m0/s1. The first-order valence-electron chi connectivity index (χ1n) is 7.99. The van der Waals surface area contributed by atoms with E-state index in [0.29, 0.717) is 12.6 Å². The number of aromatic nitrogens is 2. The van der Waals surface area contributed by atoms with Gasteiger partial charge in [0.1, 0.15) is 11.6 Å². The van der Waals surface area contributed by atoms with Crippen molar-refractivity contribution >= 4 is 0 Å². The van der Waals surface area contributed by atoms with Gasteiger partial charge >= 0.3 is 0 Å². The lowest BCUT2D eigenvalue weighted by molar-refractivity contribution is 0.313. The number of aryl methyl sites for hydroxylation is 1. The highest BCUT2D eigenvalue weighted by molar-refractivity contribution is 5.37. The van der Waals surface area contributed by atoms with Crippen LogP contribution in [0.4, 0.5) is 4.39 Å². The van der Waals surface area contributed by atoms with E-state index in [1.165, 1.54) is 17.3 Å².